The molecule has 174 valence electrons. The third-order valence-corrected chi connectivity index (χ3v) is 5.79. The van der Waals surface area contributed by atoms with Crippen molar-refractivity contribution in [3.8, 4) is 11.3 Å². The highest BCUT2D eigenvalue weighted by Crippen LogP contribution is 2.30. The number of hydrogen-bond acceptors (Lipinski definition) is 5. The topological polar surface area (TPSA) is 85.3 Å². The van der Waals surface area contributed by atoms with Crippen LogP contribution in [0.3, 0.4) is 0 Å². The molecular weight excluding hydrogens is 435 g/mol. The number of anilines is 1. The maximum atomic E-state index is 12.8. The van der Waals surface area contributed by atoms with E-state index in [-0.39, 0.29) is 12.5 Å². The van der Waals surface area contributed by atoms with Crippen LogP contribution in [0.4, 0.5) is 18.9 Å². The summed E-state index contributed by atoms with van der Waals surface area (Å²) in [7, 11) is 0. The Bertz CT molecular complexity index is 1100. The van der Waals surface area contributed by atoms with Crippen LogP contribution in [0.25, 0.3) is 11.3 Å². The fourth-order valence-corrected chi connectivity index (χ4v) is 4.17. The molecule has 1 atom stereocenters. The average molecular weight is 459 g/mol. The van der Waals surface area contributed by atoms with E-state index in [1.165, 1.54) is 12.3 Å². The van der Waals surface area contributed by atoms with E-state index in [9.17, 15) is 18.0 Å². The number of H-pyrrole nitrogens is 1. The number of halogens is 3. The standard InChI is InChI=1S/C23H24F3N5O2/c1-15-13-30(8-9-31(15)19-6-7-20(27-12-19)23(24,25)26)14-18-11-28-29-22(18)17-4-2-16(3-5-17)10-21(32)33/h2-7,11-12,15H,8-10,13-14H2,1H3,(H,28,29)(H,32,33)/t15-/m1/s1. The molecular formula is C23H24F3N5O2. The van der Waals surface area contributed by atoms with Crippen molar-refractivity contribution in [3.05, 3.63) is 65.6 Å². The van der Waals surface area contributed by atoms with Crippen LogP contribution in [0.15, 0.2) is 48.8 Å². The van der Waals surface area contributed by atoms with Crippen LogP contribution in [0, 0.1) is 0 Å². The number of nitrogens with one attached hydrogen (secondary N) is 1. The van der Waals surface area contributed by atoms with Crippen LogP contribution in [-0.2, 0) is 23.9 Å². The van der Waals surface area contributed by atoms with Crippen LogP contribution >= 0.6 is 0 Å². The molecule has 1 aliphatic rings. The maximum absolute atomic E-state index is 12.8. The Morgan fingerprint density at radius 1 is 1.15 bits per heavy atom. The van der Waals surface area contributed by atoms with Gasteiger partial charge in [0.05, 0.1) is 30.2 Å². The van der Waals surface area contributed by atoms with Gasteiger partial charge < -0.3 is 10.0 Å². The molecule has 0 amide bonds. The zero-order valence-electron chi connectivity index (χ0n) is 18.0. The first-order valence-electron chi connectivity index (χ1n) is 10.6. The van der Waals surface area contributed by atoms with Crippen molar-refractivity contribution in [2.75, 3.05) is 24.5 Å². The van der Waals surface area contributed by atoms with Crippen molar-refractivity contribution in [2.45, 2.75) is 32.1 Å². The Hall–Kier alpha value is -3.40. The molecule has 2 aromatic heterocycles. The van der Waals surface area contributed by atoms with Gasteiger partial charge in [-0.25, -0.2) is 4.98 Å². The highest BCUT2D eigenvalue weighted by molar-refractivity contribution is 5.71. The Morgan fingerprint density at radius 2 is 1.91 bits per heavy atom. The van der Waals surface area contributed by atoms with Crippen LogP contribution in [0.5, 0.6) is 0 Å². The first-order chi connectivity index (χ1) is 15.7. The molecule has 7 nitrogen and oxygen atoms in total. The highest BCUT2D eigenvalue weighted by atomic mass is 19.4. The zero-order chi connectivity index (χ0) is 23.6. The van der Waals surface area contributed by atoms with Gasteiger partial charge >= 0.3 is 12.1 Å². The minimum atomic E-state index is -4.44. The summed E-state index contributed by atoms with van der Waals surface area (Å²) >= 11 is 0. The molecule has 1 aromatic carbocycles. The average Bonchev–Trinajstić information content (AvgIpc) is 3.21. The summed E-state index contributed by atoms with van der Waals surface area (Å²) < 4.78 is 38.3. The van der Waals surface area contributed by atoms with Crippen molar-refractivity contribution in [1.82, 2.24) is 20.1 Å². The molecule has 0 saturated carbocycles. The summed E-state index contributed by atoms with van der Waals surface area (Å²) in [4.78, 5) is 18.8. The van der Waals surface area contributed by atoms with Gasteiger partial charge in [-0.3, -0.25) is 14.8 Å². The van der Waals surface area contributed by atoms with Crippen molar-refractivity contribution < 1.29 is 23.1 Å². The van der Waals surface area contributed by atoms with E-state index < -0.39 is 17.8 Å². The minimum absolute atomic E-state index is 0.0211. The molecule has 3 aromatic rings. The molecule has 1 saturated heterocycles. The quantitative estimate of drug-likeness (QED) is 0.583. The van der Waals surface area contributed by atoms with Gasteiger partial charge in [-0.1, -0.05) is 24.3 Å². The predicted octanol–water partition coefficient (Wildman–Crippen LogP) is 3.83. The summed E-state index contributed by atoms with van der Waals surface area (Å²) in [6.07, 6.45) is -1.39. The number of aromatic amines is 1. The number of aromatic nitrogens is 3. The highest BCUT2D eigenvalue weighted by Gasteiger charge is 2.33. The van der Waals surface area contributed by atoms with E-state index in [1.807, 2.05) is 19.1 Å². The second-order valence-corrected chi connectivity index (χ2v) is 8.21. The van der Waals surface area contributed by atoms with E-state index in [1.54, 1.807) is 18.3 Å². The molecule has 0 aliphatic carbocycles. The SMILES string of the molecule is C[C@@H]1CN(Cc2cn[nH]c2-c2ccc(CC(=O)O)cc2)CCN1c1ccc(C(F)(F)F)nc1. The molecule has 1 fully saturated rings. The number of alkyl halides is 3. The van der Waals surface area contributed by atoms with Crippen molar-refractivity contribution in [2.24, 2.45) is 0 Å². The van der Waals surface area contributed by atoms with Gasteiger partial charge in [-0.15, -0.1) is 0 Å². The molecule has 0 spiro atoms. The smallest absolute Gasteiger partial charge is 0.433 e. The third kappa shape index (κ3) is 5.33. The van der Waals surface area contributed by atoms with Crippen LogP contribution < -0.4 is 4.90 Å². The third-order valence-electron chi connectivity index (χ3n) is 5.79. The maximum Gasteiger partial charge on any atom is 0.433 e. The number of nitrogens with zero attached hydrogens (tertiary/aromatic N) is 4. The van der Waals surface area contributed by atoms with E-state index in [0.717, 1.165) is 41.5 Å². The lowest BCUT2D eigenvalue weighted by molar-refractivity contribution is -0.141. The molecule has 33 heavy (non-hydrogen) atoms. The number of carbonyl (C=O) groups is 1. The number of hydrogen-bond donors (Lipinski definition) is 2. The van der Waals surface area contributed by atoms with Crippen molar-refractivity contribution >= 4 is 11.7 Å². The summed E-state index contributed by atoms with van der Waals surface area (Å²) in [5.74, 6) is -0.870. The minimum Gasteiger partial charge on any atom is -0.481 e. The predicted molar refractivity (Wildman–Crippen MR) is 117 cm³/mol. The zero-order valence-corrected chi connectivity index (χ0v) is 18.0. The number of benzene rings is 1. The van der Waals surface area contributed by atoms with Gasteiger partial charge in [0.2, 0.25) is 0 Å². The van der Waals surface area contributed by atoms with Crippen molar-refractivity contribution in [1.29, 1.82) is 0 Å². The fraction of sp³-hybridized carbons (Fsp3) is 0.348. The molecule has 2 N–H and O–H groups in total. The van der Waals surface area contributed by atoms with Crippen molar-refractivity contribution in [3.63, 3.8) is 0 Å². The molecule has 0 bridgehead atoms. The first kappa shape index (κ1) is 22.8. The number of aliphatic carboxylic acids is 1. The van der Waals surface area contributed by atoms with Crippen LogP contribution in [0.1, 0.15) is 23.7 Å². The van der Waals surface area contributed by atoms with Crippen LogP contribution in [0.2, 0.25) is 0 Å². The Morgan fingerprint density at radius 3 is 2.52 bits per heavy atom. The van der Waals surface area contributed by atoms with Gasteiger partial charge in [0.15, 0.2) is 0 Å². The lowest BCUT2D eigenvalue weighted by atomic mass is 10.0. The molecule has 10 heteroatoms. The van der Waals surface area contributed by atoms with Gasteiger partial charge in [-0.2, -0.15) is 18.3 Å². The largest absolute Gasteiger partial charge is 0.481 e. The van der Waals surface area contributed by atoms with E-state index >= 15 is 0 Å². The normalized spacial score (nSPS) is 17.3. The molecule has 1 aliphatic heterocycles. The second kappa shape index (κ2) is 9.22. The fourth-order valence-electron chi connectivity index (χ4n) is 4.17. The van der Waals surface area contributed by atoms with Gasteiger partial charge in [-0.05, 0) is 30.2 Å². The van der Waals surface area contributed by atoms with E-state index in [4.69, 9.17) is 5.11 Å². The van der Waals surface area contributed by atoms with Gasteiger partial charge in [0.25, 0.3) is 0 Å². The lowest BCUT2D eigenvalue weighted by Crippen LogP contribution is -2.51. The molecule has 4 rings (SSSR count). The van der Waals surface area contributed by atoms with Gasteiger partial charge in [0, 0.05) is 37.8 Å². The first-order valence-corrected chi connectivity index (χ1v) is 10.6. The Balaban J connectivity index is 1.40. The Labute approximate surface area is 188 Å². The number of piperazine rings is 1. The molecule has 3 heterocycles. The van der Waals surface area contributed by atoms with Crippen LogP contribution in [-0.4, -0.2) is 56.8 Å². The summed E-state index contributed by atoms with van der Waals surface area (Å²) in [6, 6.07) is 9.96. The number of pyridine rings is 1. The summed E-state index contributed by atoms with van der Waals surface area (Å²) in [6.45, 7) is 4.87. The molecule has 0 radical (unpaired) electrons. The number of carboxylic acids is 1. The number of rotatable bonds is 6. The second-order valence-electron chi connectivity index (χ2n) is 8.21. The van der Waals surface area contributed by atoms with E-state index in [2.05, 4.69) is 25.0 Å². The summed E-state index contributed by atoms with van der Waals surface area (Å²) in [5, 5.41) is 16.1. The van der Waals surface area contributed by atoms with Gasteiger partial charge in [0.1, 0.15) is 5.69 Å². The lowest BCUT2D eigenvalue weighted by Gasteiger charge is -2.41. The van der Waals surface area contributed by atoms with E-state index in [0.29, 0.717) is 18.8 Å². The monoisotopic (exact) mass is 459 g/mol. The Kier molecular flexibility index (Phi) is 6.37. The number of carboxylic acid groups (broad SMARTS) is 1. The summed E-state index contributed by atoms with van der Waals surface area (Å²) in [5.41, 5.74) is 3.37. The molecule has 0 unspecified atom stereocenters.